The first-order valence-electron chi connectivity index (χ1n) is 9.82. The SMILES string of the molecule is CCOc1cc(/C=N\Nc2ccc(C(F)(F)F)cn2)cc(Cl)c1OCc1ccc([N+](=O)[O-])cc1. The van der Waals surface area contributed by atoms with Crippen LogP contribution in [0.15, 0.2) is 59.8 Å². The highest BCUT2D eigenvalue weighted by atomic mass is 35.5. The molecule has 1 N–H and O–H groups in total. The van der Waals surface area contributed by atoms with Crippen molar-refractivity contribution >= 4 is 29.3 Å². The molecule has 1 heterocycles. The molecule has 0 aliphatic rings. The second-order valence-corrected chi connectivity index (χ2v) is 7.18. The summed E-state index contributed by atoms with van der Waals surface area (Å²) in [6.45, 7) is 2.22. The molecule has 34 heavy (non-hydrogen) atoms. The second-order valence-electron chi connectivity index (χ2n) is 6.78. The number of rotatable bonds is 9. The van der Waals surface area contributed by atoms with Crippen LogP contribution in [-0.4, -0.2) is 22.7 Å². The largest absolute Gasteiger partial charge is 0.490 e. The van der Waals surface area contributed by atoms with Crippen LogP contribution in [0.3, 0.4) is 0 Å². The minimum absolute atomic E-state index is 0.0273. The number of hydrazone groups is 1. The fraction of sp³-hybridized carbons (Fsp3) is 0.182. The van der Waals surface area contributed by atoms with Crippen molar-refractivity contribution in [2.24, 2.45) is 5.10 Å². The van der Waals surface area contributed by atoms with Crippen molar-refractivity contribution in [1.29, 1.82) is 0 Å². The zero-order valence-electron chi connectivity index (χ0n) is 17.7. The van der Waals surface area contributed by atoms with Gasteiger partial charge in [-0.05, 0) is 54.4 Å². The number of nitrogens with one attached hydrogen (secondary N) is 1. The molecular weight excluding hydrogens is 477 g/mol. The monoisotopic (exact) mass is 494 g/mol. The number of non-ortho nitro benzene ring substituents is 1. The minimum atomic E-state index is -4.47. The van der Waals surface area contributed by atoms with Crippen molar-refractivity contribution in [2.75, 3.05) is 12.0 Å². The number of halogens is 4. The molecule has 8 nitrogen and oxygen atoms in total. The van der Waals surface area contributed by atoms with Crippen molar-refractivity contribution in [2.45, 2.75) is 19.7 Å². The first-order chi connectivity index (χ1) is 16.2. The van der Waals surface area contributed by atoms with E-state index in [4.69, 9.17) is 21.1 Å². The van der Waals surface area contributed by atoms with Crippen molar-refractivity contribution in [3.8, 4) is 11.5 Å². The number of nitrogens with zero attached hydrogens (tertiary/aromatic N) is 3. The molecule has 0 radical (unpaired) electrons. The van der Waals surface area contributed by atoms with E-state index in [0.717, 1.165) is 12.1 Å². The maximum absolute atomic E-state index is 12.6. The third-order valence-corrected chi connectivity index (χ3v) is 4.63. The topological polar surface area (TPSA) is 98.9 Å². The van der Waals surface area contributed by atoms with Gasteiger partial charge in [-0.25, -0.2) is 4.98 Å². The Morgan fingerprint density at radius 3 is 2.50 bits per heavy atom. The third kappa shape index (κ3) is 6.58. The highest BCUT2D eigenvalue weighted by Gasteiger charge is 2.30. The second kappa shape index (κ2) is 10.8. The number of benzene rings is 2. The zero-order chi connectivity index (χ0) is 24.7. The number of nitro groups is 1. The lowest BCUT2D eigenvalue weighted by molar-refractivity contribution is -0.384. The normalized spacial score (nSPS) is 11.4. The Hall–Kier alpha value is -3.86. The molecule has 3 rings (SSSR count). The summed E-state index contributed by atoms with van der Waals surface area (Å²) >= 11 is 6.36. The van der Waals surface area contributed by atoms with Gasteiger partial charge in [0.2, 0.25) is 0 Å². The number of hydrogen-bond acceptors (Lipinski definition) is 7. The van der Waals surface area contributed by atoms with E-state index < -0.39 is 16.7 Å². The Morgan fingerprint density at radius 2 is 1.91 bits per heavy atom. The molecule has 3 aromatic rings. The Labute approximate surface area is 197 Å². The van der Waals surface area contributed by atoms with Gasteiger partial charge in [0.1, 0.15) is 12.4 Å². The van der Waals surface area contributed by atoms with Gasteiger partial charge >= 0.3 is 6.18 Å². The van der Waals surface area contributed by atoms with E-state index in [2.05, 4.69) is 15.5 Å². The van der Waals surface area contributed by atoms with Crippen LogP contribution in [0, 0.1) is 10.1 Å². The number of alkyl halides is 3. The van der Waals surface area contributed by atoms with E-state index in [-0.39, 0.29) is 28.9 Å². The molecule has 0 saturated carbocycles. The summed E-state index contributed by atoms with van der Waals surface area (Å²) in [5.41, 5.74) is 2.89. The Kier molecular flexibility index (Phi) is 7.90. The summed E-state index contributed by atoms with van der Waals surface area (Å²) in [6, 6.07) is 11.2. The fourth-order valence-electron chi connectivity index (χ4n) is 2.74. The smallest absolute Gasteiger partial charge is 0.417 e. The third-order valence-electron chi connectivity index (χ3n) is 4.35. The van der Waals surface area contributed by atoms with Crippen LogP contribution in [0.5, 0.6) is 11.5 Å². The maximum Gasteiger partial charge on any atom is 0.417 e. The molecule has 0 saturated heterocycles. The average molecular weight is 495 g/mol. The van der Waals surface area contributed by atoms with Crippen LogP contribution >= 0.6 is 11.6 Å². The van der Waals surface area contributed by atoms with Gasteiger partial charge in [0.05, 0.1) is 28.3 Å². The molecule has 0 unspecified atom stereocenters. The van der Waals surface area contributed by atoms with Crippen LogP contribution in [0.25, 0.3) is 0 Å². The fourth-order valence-corrected chi connectivity index (χ4v) is 3.01. The highest BCUT2D eigenvalue weighted by molar-refractivity contribution is 6.32. The lowest BCUT2D eigenvalue weighted by Gasteiger charge is -2.14. The van der Waals surface area contributed by atoms with E-state index in [0.29, 0.717) is 29.7 Å². The number of hydrogen-bond donors (Lipinski definition) is 1. The predicted molar refractivity (Wildman–Crippen MR) is 121 cm³/mol. The lowest BCUT2D eigenvalue weighted by atomic mass is 10.2. The van der Waals surface area contributed by atoms with Crippen LogP contribution in [0.1, 0.15) is 23.6 Å². The lowest BCUT2D eigenvalue weighted by Crippen LogP contribution is -2.05. The van der Waals surface area contributed by atoms with Crippen molar-refractivity contribution < 1.29 is 27.6 Å². The van der Waals surface area contributed by atoms with Crippen molar-refractivity contribution in [1.82, 2.24) is 4.98 Å². The van der Waals surface area contributed by atoms with E-state index in [1.807, 2.05) is 0 Å². The Bertz CT molecular complexity index is 1170. The first-order valence-corrected chi connectivity index (χ1v) is 10.2. The van der Waals surface area contributed by atoms with Crippen LogP contribution in [0.2, 0.25) is 5.02 Å². The molecule has 0 aliphatic heterocycles. The van der Waals surface area contributed by atoms with E-state index in [1.165, 1.54) is 18.3 Å². The van der Waals surface area contributed by atoms with Gasteiger partial charge in [0.25, 0.3) is 5.69 Å². The summed E-state index contributed by atoms with van der Waals surface area (Å²) in [5.74, 6) is 0.769. The standard InChI is InChI=1S/C22H18ClF3N4O4/c1-2-33-19-10-15(11-28-29-20-8-5-16(12-27-20)22(24,25)26)9-18(23)21(19)34-13-14-3-6-17(7-4-14)30(31)32/h3-12H,2,13H2,1H3,(H,27,29)/b28-11-. The predicted octanol–water partition coefficient (Wildman–Crippen LogP) is 6.09. The number of ether oxygens (including phenoxy) is 2. The molecule has 0 bridgehead atoms. The van der Waals surface area contributed by atoms with Gasteiger partial charge in [-0.1, -0.05) is 11.6 Å². The Balaban J connectivity index is 1.70. The first kappa shape index (κ1) is 24.8. The quantitative estimate of drug-likeness (QED) is 0.220. The van der Waals surface area contributed by atoms with E-state index >= 15 is 0 Å². The molecule has 0 fully saturated rings. The summed E-state index contributed by atoms with van der Waals surface area (Å²) in [7, 11) is 0. The molecule has 0 spiro atoms. The summed E-state index contributed by atoms with van der Waals surface area (Å²) in [6.07, 6.45) is -2.36. The molecule has 0 aliphatic carbocycles. The molecule has 178 valence electrons. The average Bonchev–Trinajstić information content (AvgIpc) is 2.79. The summed E-state index contributed by atoms with van der Waals surface area (Å²) in [5, 5.41) is 15.0. The van der Waals surface area contributed by atoms with E-state index in [1.54, 1.807) is 31.2 Å². The van der Waals surface area contributed by atoms with Gasteiger partial charge in [0, 0.05) is 18.3 Å². The molecule has 1 aromatic heterocycles. The van der Waals surface area contributed by atoms with Crippen LogP contribution < -0.4 is 14.9 Å². The molecule has 0 amide bonds. The van der Waals surface area contributed by atoms with Gasteiger partial charge < -0.3 is 9.47 Å². The number of nitro benzene ring substituents is 1. The van der Waals surface area contributed by atoms with Gasteiger partial charge in [-0.2, -0.15) is 18.3 Å². The molecule has 2 aromatic carbocycles. The maximum atomic E-state index is 12.6. The van der Waals surface area contributed by atoms with Crippen LogP contribution in [0.4, 0.5) is 24.7 Å². The minimum Gasteiger partial charge on any atom is -0.490 e. The van der Waals surface area contributed by atoms with E-state index in [9.17, 15) is 23.3 Å². The molecule has 12 heteroatoms. The number of pyridine rings is 1. The summed E-state index contributed by atoms with van der Waals surface area (Å²) < 4.78 is 49.2. The highest BCUT2D eigenvalue weighted by Crippen LogP contribution is 2.37. The number of anilines is 1. The van der Waals surface area contributed by atoms with Gasteiger partial charge in [-0.3, -0.25) is 15.5 Å². The summed E-state index contributed by atoms with van der Waals surface area (Å²) in [4.78, 5) is 14.0. The Morgan fingerprint density at radius 1 is 1.18 bits per heavy atom. The molecule has 0 atom stereocenters. The van der Waals surface area contributed by atoms with Crippen molar-refractivity contribution in [3.05, 3.63) is 86.6 Å². The van der Waals surface area contributed by atoms with Gasteiger partial charge in [-0.15, -0.1) is 0 Å². The van der Waals surface area contributed by atoms with Gasteiger partial charge in [0.15, 0.2) is 11.5 Å². The molecular formula is C22H18ClF3N4O4. The number of aromatic nitrogens is 1. The zero-order valence-corrected chi connectivity index (χ0v) is 18.4. The van der Waals surface area contributed by atoms with Crippen molar-refractivity contribution in [3.63, 3.8) is 0 Å². The van der Waals surface area contributed by atoms with Crippen LogP contribution in [-0.2, 0) is 12.8 Å².